The van der Waals surface area contributed by atoms with Crippen molar-refractivity contribution in [2.24, 2.45) is 5.92 Å². The maximum Gasteiger partial charge on any atom is 0.0226 e. The van der Waals surface area contributed by atoms with Crippen LogP contribution in [0.25, 0.3) is 0 Å². The van der Waals surface area contributed by atoms with E-state index in [1.165, 1.54) is 12.8 Å². The highest BCUT2D eigenvalue weighted by Crippen LogP contribution is 2.10. The van der Waals surface area contributed by atoms with Crippen molar-refractivity contribution in [3.05, 3.63) is 0 Å². The molecule has 0 aliphatic carbocycles. The molecule has 1 N–H and O–H groups in total. The molecule has 0 radical (unpaired) electrons. The first-order valence-electron chi connectivity index (χ1n) is 5.00. The van der Waals surface area contributed by atoms with Crippen LogP contribution in [0.15, 0.2) is 0 Å². The summed E-state index contributed by atoms with van der Waals surface area (Å²) in [7, 11) is 0. The summed E-state index contributed by atoms with van der Waals surface area (Å²) in [6.45, 7) is 7.72. The minimum absolute atomic E-state index is 0.597. The van der Waals surface area contributed by atoms with Gasteiger partial charge in [-0.2, -0.15) is 0 Å². The monoisotopic (exact) mass is 191 g/mol. The SMILES string of the molecule is CCCC(CCCl)CNC(C)C. The molecule has 0 saturated carbocycles. The van der Waals surface area contributed by atoms with Crippen molar-refractivity contribution in [2.75, 3.05) is 12.4 Å². The summed E-state index contributed by atoms with van der Waals surface area (Å²) in [6.07, 6.45) is 3.71. The molecule has 0 fully saturated rings. The largest absolute Gasteiger partial charge is 0.314 e. The van der Waals surface area contributed by atoms with E-state index >= 15 is 0 Å². The van der Waals surface area contributed by atoms with Gasteiger partial charge in [-0.05, 0) is 25.3 Å². The summed E-state index contributed by atoms with van der Waals surface area (Å²) in [6, 6.07) is 0.597. The zero-order valence-electron chi connectivity index (χ0n) is 8.57. The van der Waals surface area contributed by atoms with Crippen LogP contribution in [0.3, 0.4) is 0 Å². The van der Waals surface area contributed by atoms with Crippen molar-refractivity contribution >= 4 is 11.6 Å². The lowest BCUT2D eigenvalue weighted by molar-refractivity contribution is 0.412. The second kappa shape index (κ2) is 7.88. The second-order valence-electron chi connectivity index (χ2n) is 3.70. The average molecular weight is 192 g/mol. The molecule has 12 heavy (non-hydrogen) atoms. The average Bonchev–Trinajstić information content (AvgIpc) is 2.01. The lowest BCUT2D eigenvalue weighted by Crippen LogP contribution is -2.29. The van der Waals surface area contributed by atoms with Gasteiger partial charge in [0.15, 0.2) is 0 Å². The van der Waals surface area contributed by atoms with Crippen molar-refractivity contribution in [1.82, 2.24) is 5.32 Å². The topological polar surface area (TPSA) is 12.0 Å². The molecular weight excluding hydrogens is 170 g/mol. The molecule has 0 rings (SSSR count). The molecule has 0 aromatic heterocycles. The molecule has 0 saturated heterocycles. The van der Waals surface area contributed by atoms with E-state index in [2.05, 4.69) is 26.1 Å². The molecule has 0 aliphatic rings. The van der Waals surface area contributed by atoms with Crippen LogP contribution in [0.2, 0.25) is 0 Å². The normalized spacial score (nSPS) is 13.8. The van der Waals surface area contributed by atoms with Crippen molar-refractivity contribution in [3.8, 4) is 0 Å². The molecule has 0 aromatic carbocycles. The first-order chi connectivity index (χ1) is 5.70. The molecule has 1 nitrogen and oxygen atoms in total. The van der Waals surface area contributed by atoms with E-state index in [0.29, 0.717) is 6.04 Å². The van der Waals surface area contributed by atoms with Crippen LogP contribution < -0.4 is 5.32 Å². The maximum atomic E-state index is 5.72. The smallest absolute Gasteiger partial charge is 0.0226 e. The van der Waals surface area contributed by atoms with E-state index in [-0.39, 0.29) is 0 Å². The quantitative estimate of drug-likeness (QED) is 0.611. The minimum atomic E-state index is 0.597. The van der Waals surface area contributed by atoms with E-state index < -0.39 is 0 Å². The fourth-order valence-electron chi connectivity index (χ4n) is 1.31. The van der Waals surface area contributed by atoms with Crippen molar-refractivity contribution in [1.29, 1.82) is 0 Å². The molecular formula is C10H22ClN. The highest BCUT2D eigenvalue weighted by Gasteiger charge is 2.06. The molecule has 74 valence electrons. The fraction of sp³-hybridized carbons (Fsp3) is 1.00. The van der Waals surface area contributed by atoms with E-state index in [1.807, 2.05) is 0 Å². The number of rotatable bonds is 7. The van der Waals surface area contributed by atoms with Crippen LogP contribution in [0.1, 0.15) is 40.0 Å². The van der Waals surface area contributed by atoms with Crippen LogP contribution in [0.4, 0.5) is 0 Å². The van der Waals surface area contributed by atoms with Crippen molar-refractivity contribution in [2.45, 2.75) is 46.1 Å². The van der Waals surface area contributed by atoms with Gasteiger partial charge in [-0.3, -0.25) is 0 Å². The fourth-order valence-corrected chi connectivity index (χ4v) is 1.62. The Kier molecular flexibility index (Phi) is 8.04. The molecule has 2 heteroatoms. The van der Waals surface area contributed by atoms with Crippen molar-refractivity contribution in [3.63, 3.8) is 0 Å². The number of halogens is 1. The van der Waals surface area contributed by atoms with Gasteiger partial charge in [0.2, 0.25) is 0 Å². The van der Waals surface area contributed by atoms with Crippen LogP contribution in [0.5, 0.6) is 0 Å². The first-order valence-corrected chi connectivity index (χ1v) is 5.53. The predicted octanol–water partition coefficient (Wildman–Crippen LogP) is 3.03. The number of alkyl halides is 1. The Morgan fingerprint density at radius 1 is 1.25 bits per heavy atom. The Morgan fingerprint density at radius 2 is 1.92 bits per heavy atom. The Balaban J connectivity index is 3.48. The molecule has 0 amide bonds. The Morgan fingerprint density at radius 3 is 2.33 bits per heavy atom. The molecule has 0 aliphatic heterocycles. The molecule has 0 spiro atoms. The summed E-state index contributed by atoms with van der Waals surface area (Å²) >= 11 is 5.72. The number of nitrogens with one attached hydrogen (secondary N) is 1. The van der Waals surface area contributed by atoms with Crippen molar-refractivity contribution < 1.29 is 0 Å². The van der Waals surface area contributed by atoms with Gasteiger partial charge >= 0.3 is 0 Å². The third-order valence-electron chi connectivity index (χ3n) is 2.03. The number of hydrogen-bond donors (Lipinski definition) is 1. The van der Waals surface area contributed by atoms with Gasteiger partial charge in [0, 0.05) is 11.9 Å². The molecule has 1 atom stereocenters. The molecule has 0 aromatic rings. The highest BCUT2D eigenvalue weighted by atomic mass is 35.5. The second-order valence-corrected chi connectivity index (χ2v) is 4.07. The van der Waals surface area contributed by atoms with Crippen LogP contribution >= 0.6 is 11.6 Å². The zero-order valence-corrected chi connectivity index (χ0v) is 9.32. The van der Waals surface area contributed by atoms with Crippen LogP contribution in [-0.2, 0) is 0 Å². The third-order valence-corrected chi connectivity index (χ3v) is 2.25. The predicted molar refractivity (Wildman–Crippen MR) is 56.9 cm³/mol. The molecule has 1 unspecified atom stereocenters. The molecule has 0 heterocycles. The zero-order chi connectivity index (χ0) is 9.40. The summed E-state index contributed by atoms with van der Waals surface area (Å²) in [4.78, 5) is 0. The van der Waals surface area contributed by atoms with E-state index in [4.69, 9.17) is 11.6 Å². The van der Waals surface area contributed by atoms with E-state index in [0.717, 1.165) is 24.8 Å². The first kappa shape index (κ1) is 12.2. The number of hydrogen-bond acceptors (Lipinski definition) is 1. The van der Waals surface area contributed by atoms with Gasteiger partial charge in [0.25, 0.3) is 0 Å². The van der Waals surface area contributed by atoms with Gasteiger partial charge in [-0.25, -0.2) is 0 Å². The minimum Gasteiger partial charge on any atom is -0.314 e. The van der Waals surface area contributed by atoms with Crippen LogP contribution in [0, 0.1) is 5.92 Å². The Hall–Kier alpha value is 0.250. The lowest BCUT2D eigenvalue weighted by atomic mass is 10.0. The van der Waals surface area contributed by atoms with Gasteiger partial charge in [-0.1, -0.05) is 27.2 Å². The lowest BCUT2D eigenvalue weighted by Gasteiger charge is -2.17. The highest BCUT2D eigenvalue weighted by molar-refractivity contribution is 6.17. The molecule has 0 bridgehead atoms. The summed E-state index contributed by atoms with van der Waals surface area (Å²) in [5.41, 5.74) is 0. The summed E-state index contributed by atoms with van der Waals surface area (Å²) in [5.74, 6) is 1.57. The summed E-state index contributed by atoms with van der Waals surface area (Å²) in [5, 5.41) is 3.46. The standard InChI is InChI=1S/C10H22ClN/c1-4-5-10(6-7-11)8-12-9(2)3/h9-10,12H,4-8H2,1-3H3. The maximum absolute atomic E-state index is 5.72. The third kappa shape index (κ3) is 6.93. The van der Waals surface area contributed by atoms with Gasteiger partial charge in [-0.15, -0.1) is 11.6 Å². The van der Waals surface area contributed by atoms with Gasteiger partial charge in [0.1, 0.15) is 0 Å². The van der Waals surface area contributed by atoms with E-state index in [1.54, 1.807) is 0 Å². The Labute approximate surface area is 81.9 Å². The summed E-state index contributed by atoms with van der Waals surface area (Å²) < 4.78 is 0. The van der Waals surface area contributed by atoms with E-state index in [9.17, 15) is 0 Å². The van der Waals surface area contributed by atoms with Gasteiger partial charge in [0.05, 0.1) is 0 Å². The van der Waals surface area contributed by atoms with Gasteiger partial charge < -0.3 is 5.32 Å². The Bertz CT molecular complexity index is 87.8. The van der Waals surface area contributed by atoms with Crippen LogP contribution in [-0.4, -0.2) is 18.5 Å².